The second kappa shape index (κ2) is 6.10. The van der Waals surface area contributed by atoms with Crippen molar-refractivity contribution in [3.8, 4) is 0 Å². The van der Waals surface area contributed by atoms with Crippen molar-refractivity contribution in [2.45, 2.75) is 38.6 Å². The van der Waals surface area contributed by atoms with Gasteiger partial charge in [-0.15, -0.1) is 11.3 Å². The van der Waals surface area contributed by atoms with E-state index >= 15 is 0 Å². The van der Waals surface area contributed by atoms with Crippen LogP contribution >= 0.6 is 22.9 Å². The van der Waals surface area contributed by atoms with Crippen LogP contribution in [0.5, 0.6) is 0 Å². The summed E-state index contributed by atoms with van der Waals surface area (Å²) < 4.78 is 1.95. The number of aromatic nitrogens is 2. The van der Waals surface area contributed by atoms with Gasteiger partial charge < -0.3 is 4.57 Å². The molecule has 0 saturated carbocycles. The number of thiophene rings is 1. The fraction of sp³-hybridized carbons (Fsp3) is 0.333. The second-order valence-electron chi connectivity index (χ2n) is 6.02. The molecule has 0 unspecified atom stereocenters. The minimum Gasteiger partial charge on any atom is -0.317 e. The molecule has 2 aromatic heterocycles. The van der Waals surface area contributed by atoms with E-state index in [1.165, 1.54) is 23.3 Å². The highest BCUT2D eigenvalue weighted by molar-refractivity contribution is 7.18. The normalized spacial score (nSPS) is 14.1. The van der Waals surface area contributed by atoms with Gasteiger partial charge in [0.1, 0.15) is 10.3 Å². The van der Waals surface area contributed by atoms with Gasteiger partial charge in [0.25, 0.3) is 0 Å². The molecule has 2 heterocycles. The first-order valence-electron chi connectivity index (χ1n) is 8.02. The fourth-order valence-electron chi connectivity index (χ4n) is 3.32. The van der Waals surface area contributed by atoms with E-state index in [9.17, 15) is 0 Å². The number of fused-ring (bicyclic) bond motifs is 3. The van der Waals surface area contributed by atoms with E-state index in [2.05, 4.69) is 4.98 Å². The topological polar surface area (TPSA) is 41.7 Å². The molecule has 0 amide bonds. The van der Waals surface area contributed by atoms with E-state index in [-0.39, 0.29) is 0 Å². The van der Waals surface area contributed by atoms with E-state index in [4.69, 9.17) is 17.0 Å². The average molecular weight is 344 g/mol. The molecule has 3 aromatic rings. The summed E-state index contributed by atoms with van der Waals surface area (Å²) in [7, 11) is 0. The summed E-state index contributed by atoms with van der Waals surface area (Å²) >= 11 is 8.01. The lowest BCUT2D eigenvalue weighted by Crippen LogP contribution is -2.22. The molecule has 5 heteroatoms. The summed E-state index contributed by atoms with van der Waals surface area (Å²) in [6.07, 6.45) is 7.36. The van der Waals surface area contributed by atoms with Crippen LogP contribution in [0.1, 0.15) is 28.8 Å². The van der Waals surface area contributed by atoms with E-state index in [0.29, 0.717) is 5.49 Å². The van der Waals surface area contributed by atoms with Gasteiger partial charge >= 0.3 is 0 Å². The number of benzene rings is 1. The Balaban J connectivity index is 1.70. The predicted octanol–water partition coefficient (Wildman–Crippen LogP) is 4.35. The molecule has 0 saturated heterocycles. The summed E-state index contributed by atoms with van der Waals surface area (Å²) in [5, 5.41) is 10.5. The summed E-state index contributed by atoms with van der Waals surface area (Å²) in [5.41, 5.74) is 3.09. The number of halogens is 1. The molecule has 1 aliphatic carbocycles. The highest BCUT2D eigenvalue weighted by Crippen LogP contribution is 2.33. The third-order valence-corrected chi connectivity index (χ3v) is 6.14. The van der Waals surface area contributed by atoms with Crippen LogP contribution in [0.15, 0.2) is 30.6 Å². The molecule has 0 aliphatic heterocycles. The summed E-state index contributed by atoms with van der Waals surface area (Å²) in [4.78, 5) is 7.08. The Hall–Kier alpha value is -1.65. The number of nitrogens with one attached hydrogen (secondary N) is 1. The standard InChI is InChI=1S/C18H18ClN3S/c19-14-7-3-1-5-12(14)9-10-22-11-21-18-16(17(22)20)13-6-2-4-8-15(13)23-18/h1,3,5,7,11,20H,2,4,6,8-10H2. The third kappa shape index (κ3) is 2.70. The Morgan fingerprint density at radius 1 is 1.22 bits per heavy atom. The number of nitrogens with zero attached hydrogens (tertiary/aromatic N) is 2. The van der Waals surface area contributed by atoms with Crippen molar-refractivity contribution in [2.75, 3.05) is 0 Å². The van der Waals surface area contributed by atoms with Crippen LogP contribution in [0.25, 0.3) is 10.2 Å². The zero-order valence-corrected chi connectivity index (χ0v) is 14.4. The SMILES string of the molecule is N=c1c2c3c(sc2ncn1CCc1ccccc1Cl)CCCC3. The third-order valence-electron chi connectivity index (χ3n) is 4.57. The van der Waals surface area contributed by atoms with Crippen LogP contribution < -0.4 is 5.49 Å². The van der Waals surface area contributed by atoms with Crippen LogP contribution in [0.2, 0.25) is 5.02 Å². The van der Waals surface area contributed by atoms with Crippen molar-refractivity contribution in [1.29, 1.82) is 5.41 Å². The van der Waals surface area contributed by atoms with Gasteiger partial charge in [-0.1, -0.05) is 29.8 Å². The van der Waals surface area contributed by atoms with Crippen LogP contribution in [0, 0.1) is 5.41 Å². The molecule has 1 aromatic carbocycles. The Kier molecular flexibility index (Phi) is 3.95. The highest BCUT2D eigenvalue weighted by Gasteiger charge is 2.18. The highest BCUT2D eigenvalue weighted by atomic mass is 35.5. The van der Waals surface area contributed by atoms with Gasteiger partial charge in [0.2, 0.25) is 0 Å². The van der Waals surface area contributed by atoms with Crippen LogP contribution in [0.3, 0.4) is 0 Å². The second-order valence-corrected chi connectivity index (χ2v) is 7.51. The molecule has 3 nitrogen and oxygen atoms in total. The maximum atomic E-state index is 8.61. The molecule has 23 heavy (non-hydrogen) atoms. The van der Waals surface area contributed by atoms with Crippen LogP contribution in [-0.2, 0) is 25.8 Å². The first kappa shape index (κ1) is 14.9. The molecular weight excluding hydrogens is 326 g/mol. The van der Waals surface area contributed by atoms with Crippen molar-refractivity contribution < 1.29 is 0 Å². The van der Waals surface area contributed by atoms with Crippen molar-refractivity contribution in [2.24, 2.45) is 0 Å². The summed E-state index contributed by atoms with van der Waals surface area (Å²) in [5.74, 6) is 0. The lowest BCUT2D eigenvalue weighted by molar-refractivity contribution is 0.644. The zero-order valence-electron chi connectivity index (χ0n) is 12.8. The van der Waals surface area contributed by atoms with Gasteiger partial charge in [-0.05, 0) is 49.3 Å². The van der Waals surface area contributed by atoms with Crippen molar-refractivity contribution in [3.05, 3.63) is 57.1 Å². The first-order chi connectivity index (χ1) is 11.2. The van der Waals surface area contributed by atoms with Crippen LogP contribution in [0.4, 0.5) is 0 Å². The molecule has 0 bridgehead atoms. The van der Waals surface area contributed by atoms with E-state index in [1.54, 1.807) is 11.3 Å². The average Bonchev–Trinajstić information content (AvgIpc) is 2.95. The van der Waals surface area contributed by atoms with E-state index in [0.717, 1.165) is 46.6 Å². The summed E-state index contributed by atoms with van der Waals surface area (Å²) in [6.45, 7) is 0.732. The molecule has 0 radical (unpaired) electrons. The number of hydrogen-bond donors (Lipinski definition) is 1. The Bertz CT molecular complexity index is 926. The van der Waals surface area contributed by atoms with Crippen molar-refractivity contribution in [3.63, 3.8) is 0 Å². The Morgan fingerprint density at radius 3 is 2.91 bits per heavy atom. The molecule has 0 fully saturated rings. The number of rotatable bonds is 3. The van der Waals surface area contributed by atoms with Gasteiger partial charge in [0.15, 0.2) is 0 Å². The maximum absolute atomic E-state index is 8.61. The van der Waals surface area contributed by atoms with Gasteiger partial charge in [-0.3, -0.25) is 5.41 Å². The van der Waals surface area contributed by atoms with E-state index in [1.807, 2.05) is 35.2 Å². The van der Waals surface area contributed by atoms with Gasteiger partial charge in [0.05, 0.1) is 11.7 Å². The minimum absolute atomic E-state index is 0.599. The Labute approximate surface area is 144 Å². The van der Waals surface area contributed by atoms with Crippen molar-refractivity contribution in [1.82, 2.24) is 9.55 Å². The van der Waals surface area contributed by atoms with Gasteiger partial charge in [-0.2, -0.15) is 0 Å². The number of hydrogen-bond acceptors (Lipinski definition) is 3. The van der Waals surface area contributed by atoms with E-state index < -0.39 is 0 Å². The fourth-order valence-corrected chi connectivity index (χ4v) is 4.78. The molecule has 118 valence electrons. The zero-order chi connectivity index (χ0) is 15.8. The molecule has 4 rings (SSSR count). The van der Waals surface area contributed by atoms with Crippen molar-refractivity contribution >= 4 is 33.2 Å². The quantitative estimate of drug-likeness (QED) is 0.754. The monoisotopic (exact) mass is 343 g/mol. The maximum Gasteiger partial charge on any atom is 0.136 e. The molecule has 0 spiro atoms. The molecule has 1 N–H and O–H groups in total. The molecular formula is C18H18ClN3S. The van der Waals surface area contributed by atoms with Gasteiger partial charge in [0, 0.05) is 16.4 Å². The Morgan fingerprint density at radius 2 is 2.04 bits per heavy atom. The smallest absolute Gasteiger partial charge is 0.136 e. The number of aryl methyl sites for hydroxylation is 4. The predicted molar refractivity (Wildman–Crippen MR) is 95.3 cm³/mol. The lowest BCUT2D eigenvalue weighted by atomic mass is 9.97. The molecule has 1 aliphatic rings. The molecule has 0 atom stereocenters. The van der Waals surface area contributed by atoms with Crippen LogP contribution in [-0.4, -0.2) is 9.55 Å². The minimum atomic E-state index is 0.599. The first-order valence-corrected chi connectivity index (χ1v) is 9.21. The van der Waals surface area contributed by atoms with Gasteiger partial charge in [-0.25, -0.2) is 4.98 Å². The summed E-state index contributed by atoms with van der Waals surface area (Å²) in [6, 6.07) is 7.91. The lowest BCUT2D eigenvalue weighted by Gasteiger charge is -2.11. The largest absolute Gasteiger partial charge is 0.317 e.